The van der Waals surface area contributed by atoms with Gasteiger partial charge < -0.3 is 13.8 Å². The van der Waals surface area contributed by atoms with Crippen LogP contribution in [0.5, 0.6) is 11.5 Å². The quantitative estimate of drug-likeness (QED) is 0.205. The SMILES string of the molecule is CCC(CC)COC(=O)[C@@H](C)NP(=O)(Oc1ccccc1)Oc1ccc([N+](=O)[O-])cc1. The third-order valence-electron chi connectivity index (χ3n) is 4.56. The number of nitro groups is 1. The van der Waals surface area contributed by atoms with Crippen LogP contribution in [0.4, 0.5) is 5.69 Å². The van der Waals surface area contributed by atoms with E-state index in [1.807, 2.05) is 13.8 Å². The van der Waals surface area contributed by atoms with E-state index < -0.39 is 24.7 Å². The van der Waals surface area contributed by atoms with Crippen molar-refractivity contribution in [1.82, 2.24) is 5.09 Å². The summed E-state index contributed by atoms with van der Waals surface area (Å²) in [5.41, 5.74) is -0.141. The Kier molecular flexibility index (Phi) is 9.03. The van der Waals surface area contributed by atoms with Gasteiger partial charge in [0, 0.05) is 12.1 Å². The van der Waals surface area contributed by atoms with Crippen LogP contribution < -0.4 is 14.1 Å². The largest absolute Gasteiger partial charge is 0.513 e. The molecule has 0 amide bonds. The van der Waals surface area contributed by atoms with E-state index in [0.717, 1.165) is 12.8 Å². The molecule has 0 saturated heterocycles. The number of nitrogens with zero attached hydrogens (tertiary/aromatic N) is 1. The number of benzene rings is 2. The van der Waals surface area contributed by atoms with Gasteiger partial charge in [-0.25, -0.2) is 4.57 Å². The number of non-ortho nitro benzene ring substituents is 1. The van der Waals surface area contributed by atoms with Crippen molar-refractivity contribution in [2.45, 2.75) is 39.7 Å². The topological polar surface area (TPSA) is 117 Å². The summed E-state index contributed by atoms with van der Waals surface area (Å²) in [5.74, 6) is 0.00349. The number of hydrogen-bond donors (Lipinski definition) is 1. The van der Waals surface area contributed by atoms with Gasteiger partial charge in [0.2, 0.25) is 0 Å². The summed E-state index contributed by atoms with van der Waals surface area (Å²) < 4.78 is 29.8. The predicted molar refractivity (Wildman–Crippen MR) is 116 cm³/mol. The van der Waals surface area contributed by atoms with Gasteiger partial charge in [0.15, 0.2) is 0 Å². The number of hydrogen-bond acceptors (Lipinski definition) is 7. The van der Waals surface area contributed by atoms with Crippen molar-refractivity contribution in [2.24, 2.45) is 5.92 Å². The lowest BCUT2D eigenvalue weighted by Crippen LogP contribution is -2.36. The zero-order valence-corrected chi connectivity index (χ0v) is 18.6. The van der Waals surface area contributed by atoms with Crippen LogP contribution in [-0.4, -0.2) is 23.5 Å². The molecule has 31 heavy (non-hydrogen) atoms. The van der Waals surface area contributed by atoms with Crippen molar-refractivity contribution in [3.63, 3.8) is 0 Å². The fourth-order valence-corrected chi connectivity index (χ4v) is 4.12. The number of esters is 1. The molecule has 0 aliphatic carbocycles. The Morgan fingerprint density at radius 1 is 1.03 bits per heavy atom. The first kappa shape index (κ1) is 24.4. The van der Waals surface area contributed by atoms with Crippen LogP contribution in [0.15, 0.2) is 54.6 Å². The summed E-state index contributed by atoms with van der Waals surface area (Å²) in [6, 6.07) is 12.4. The van der Waals surface area contributed by atoms with Gasteiger partial charge in [-0.2, -0.15) is 5.09 Å². The molecule has 0 radical (unpaired) electrons. The lowest BCUT2D eigenvalue weighted by atomic mass is 10.1. The summed E-state index contributed by atoms with van der Waals surface area (Å²) >= 11 is 0. The van der Waals surface area contributed by atoms with Gasteiger partial charge in [0.05, 0.1) is 11.5 Å². The average molecular weight is 450 g/mol. The molecule has 168 valence electrons. The molecule has 10 heteroatoms. The minimum Gasteiger partial charge on any atom is -0.464 e. The van der Waals surface area contributed by atoms with E-state index in [1.54, 1.807) is 30.3 Å². The van der Waals surface area contributed by atoms with Crippen LogP contribution >= 0.6 is 7.75 Å². The lowest BCUT2D eigenvalue weighted by molar-refractivity contribution is -0.384. The zero-order valence-electron chi connectivity index (χ0n) is 17.7. The van der Waals surface area contributed by atoms with Gasteiger partial charge in [0.1, 0.15) is 17.5 Å². The first-order valence-corrected chi connectivity index (χ1v) is 11.5. The highest BCUT2D eigenvalue weighted by Crippen LogP contribution is 2.45. The van der Waals surface area contributed by atoms with Crippen molar-refractivity contribution < 1.29 is 28.1 Å². The molecule has 2 rings (SSSR count). The summed E-state index contributed by atoms with van der Waals surface area (Å²) in [7, 11) is -4.09. The molecular weight excluding hydrogens is 423 g/mol. The Labute approximate surface area is 181 Å². The third kappa shape index (κ3) is 7.70. The Morgan fingerprint density at radius 2 is 1.58 bits per heavy atom. The molecule has 2 atom stereocenters. The second-order valence-electron chi connectivity index (χ2n) is 6.91. The molecule has 0 saturated carbocycles. The fraction of sp³-hybridized carbons (Fsp3) is 0.381. The Hall–Kier alpha value is -2.90. The molecule has 0 aliphatic heterocycles. The molecule has 9 nitrogen and oxygen atoms in total. The standard InChI is InChI=1S/C21H27N2O7P/c1-4-17(5-2)15-28-21(24)16(3)22-31(27,29-19-9-7-6-8-10-19)30-20-13-11-18(12-14-20)23(25)26/h6-14,16-17H,4-5,15H2,1-3H3,(H,22,27)/t16-,31?/m1/s1. The lowest BCUT2D eigenvalue weighted by Gasteiger charge is -2.23. The monoisotopic (exact) mass is 450 g/mol. The highest BCUT2D eigenvalue weighted by Gasteiger charge is 2.34. The maximum absolute atomic E-state index is 13.4. The molecule has 0 fully saturated rings. The van der Waals surface area contributed by atoms with Crippen LogP contribution in [0.1, 0.15) is 33.6 Å². The molecule has 2 aromatic carbocycles. The number of nitrogens with one attached hydrogen (secondary N) is 1. The van der Waals surface area contributed by atoms with Crippen LogP contribution in [0.2, 0.25) is 0 Å². The highest BCUT2D eigenvalue weighted by atomic mass is 31.2. The van der Waals surface area contributed by atoms with Crippen LogP contribution in [-0.2, 0) is 14.1 Å². The molecule has 0 heterocycles. The minimum absolute atomic E-state index is 0.0787. The number of carbonyl (C=O) groups excluding carboxylic acids is 1. The second kappa shape index (κ2) is 11.5. The Balaban J connectivity index is 2.16. The summed E-state index contributed by atoms with van der Waals surface area (Å²) in [4.78, 5) is 22.7. The second-order valence-corrected chi connectivity index (χ2v) is 8.53. The molecule has 0 bridgehead atoms. The third-order valence-corrected chi connectivity index (χ3v) is 6.17. The van der Waals surface area contributed by atoms with Gasteiger partial charge >= 0.3 is 13.7 Å². The fourth-order valence-electron chi connectivity index (χ4n) is 2.60. The number of carbonyl (C=O) groups is 1. The van der Waals surface area contributed by atoms with Crippen molar-refractivity contribution in [1.29, 1.82) is 0 Å². The first-order valence-electron chi connectivity index (χ1n) is 9.99. The van der Waals surface area contributed by atoms with Crippen LogP contribution in [0.3, 0.4) is 0 Å². The van der Waals surface area contributed by atoms with Gasteiger partial charge in [-0.15, -0.1) is 0 Å². The van der Waals surface area contributed by atoms with Crippen molar-refractivity contribution in [2.75, 3.05) is 6.61 Å². The van der Waals surface area contributed by atoms with E-state index in [0.29, 0.717) is 0 Å². The van der Waals surface area contributed by atoms with E-state index >= 15 is 0 Å². The van der Waals surface area contributed by atoms with E-state index in [9.17, 15) is 19.5 Å². The van der Waals surface area contributed by atoms with Gasteiger partial charge in [-0.05, 0) is 37.1 Å². The number of nitro benzene ring substituents is 1. The average Bonchev–Trinajstić information content (AvgIpc) is 2.75. The van der Waals surface area contributed by atoms with Crippen LogP contribution in [0.25, 0.3) is 0 Å². The van der Waals surface area contributed by atoms with Crippen molar-refractivity contribution in [3.05, 3.63) is 64.7 Å². The first-order chi connectivity index (χ1) is 14.8. The predicted octanol–water partition coefficient (Wildman–Crippen LogP) is 5.12. The Bertz CT molecular complexity index is 902. The summed E-state index contributed by atoms with van der Waals surface area (Å²) in [6.45, 7) is 5.80. The summed E-state index contributed by atoms with van der Waals surface area (Å²) in [6.07, 6.45) is 1.76. The van der Waals surface area contributed by atoms with Crippen molar-refractivity contribution >= 4 is 19.4 Å². The number of rotatable bonds is 12. The molecule has 0 spiro atoms. The maximum atomic E-state index is 13.4. The molecular formula is C21H27N2O7P. The molecule has 0 aliphatic rings. The van der Waals surface area contributed by atoms with E-state index in [-0.39, 0.29) is 29.7 Å². The van der Waals surface area contributed by atoms with E-state index in [4.69, 9.17) is 13.8 Å². The van der Waals surface area contributed by atoms with Gasteiger partial charge in [-0.3, -0.25) is 14.9 Å². The van der Waals surface area contributed by atoms with E-state index in [2.05, 4.69) is 5.09 Å². The smallest absolute Gasteiger partial charge is 0.464 e. The highest BCUT2D eigenvalue weighted by molar-refractivity contribution is 7.52. The molecule has 0 aromatic heterocycles. The van der Waals surface area contributed by atoms with Gasteiger partial charge in [0.25, 0.3) is 5.69 Å². The molecule has 1 N–H and O–H groups in total. The minimum atomic E-state index is -4.09. The number of ether oxygens (including phenoxy) is 1. The van der Waals surface area contributed by atoms with Crippen LogP contribution in [0, 0.1) is 16.0 Å². The Morgan fingerprint density at radius 3 is 2.10 bits per heavy atom. The van der Waals surface area contributed by atoms with Crippen molar-refractivity contribution in [3.8, 4) is 11.5 Å². The zero-order chi connectivity index (χ0) is 22.9. The number of para-hydroxylation sites is 1. The maximum Gasteiger partial charge on any atom is 0.513 e. The molecule has 1 unspecified atom stereocenters. The molecule has 2 aromatic rings. The summed E-state index contributed by atoms with van der Waals surface area (Å²) in [5, 5.41) is 13.4. The normalized spacial score (nSPS) is 13.8. The van der Waals surface area contributed by atoms with E-state index in [1.165, 1.54) is 31.2 Å². The van der Waals surface area contributed by atoms with Gasteiger partial charge in [-0.1, -0.05) is 44.9 Å².